The predicted molar refractivity (Wildman–Crippen MR) is 349 cm³/mol. The van der Waals surface area contributed by atoms with Crippen LogP contribution in [-0.2, 0) is 40.4 Å². The SMILES string of the molecule is O=C1CCC(N2C(=O)c3cccc(NCCOCCC(=O)N4CCC(COc5cccc(-c6ccc(Cl)cc6)c5CN5CCN(c6ccc(C(=O)NS(=O)(=O)c7ccc(NCC8CCOCC8)c([N+](=O)[O-])c7)c(Oc7cnc8[nH]ccc8c7)c6)CC5)CC4)c3C2=O)C(=O)N1. The normalized spacial score (nSPS) is 17.5. The van der Waals surface area contributed by atoms with Gasteiger partial charge in [0.1, 0.15) is 34.6 Å². The molecule has 5 aliphatic rings. The number of anilines is 3. The second kappa shape index (κ2) is 28.8. The molecule has 0 saturated carbocycles. The lowest BCUT2D eigenvalue weighted by molar-refractivity contribution is -0.384. The standard InChI is InChI=1S/C67H70ClN11O14S/c68-46-9-7-44(8-10-46)50-3-2-6-58(92-41-43-18-25-77(26-19-43)61(81)22-33-91-34-24-69-55-5-1-4-52-62(55)67(85)78(66(52)84)56-15-16-60(80)73-65(56)83)53(50)40-75-27-29-76(30-28-75)47-11-13-51(59(36-47)93-48-35-45-17-23-70-63(45)72-39-48)64(82)74-94(88,89)49-12-14-54(57(37-49)79(86)87)71-38-42-20-31-90-32-21-42/h1-14,17,23,35-37,39,42-43,56,69,71H,15-16,18-22,24-34,38,40-41H2,(H,70,72)(H,74,82)(H,73,80,83). The summed E-state index contributed by atoms with van der Waals surface area (Å²) < 4.78 is 54.2. The molecule has 4 fully saturated rings. The lowest BCUT2D eigenvalue weighted by Crippen LogP contribution is -2.54. The molecular formula is C67H70ClN11O14S. The van der Waals surface area contributed by atoms with Crippen LogP contribution in [0.5, 0.6) is 17.2 Å². The van der Waals surface area contributed by atoms with Crippen molar-refractivity contribution in [1.82, 2.24) is 34.7 Å². The number of hydrogen-bond donors (Lipinski definition) is 5. The number of halogens is 1. The van der Waals surface area contributed by atoms with Gasteiger partial charge in [-0.2, -0.15) is 0 Å². The van der Waals surface area contributed by atoms with E-state index in [0.29, 0.717) is 94.3 Å². The van der Waals surface area contributed by atoms with Crippen LogP contribution in [0, 0.1) is 22.0 Å². The number of likely N-dealkylation sites (tertiary alicyclic amines) is 1. The summed E-state index contributed by atoms with van der Waals surface area (Å²) in [5.74, 6) is -1.80. The minimum absolute atomic E-state index is 0.0147. The molecule has 7 heterocycles. The zero-order valence-corrected chi connectivity index (χ0v) is 52.9. The summed E-state index contributed by atoms with van der Waals surface area (Å²) in [6.07, 6.45) is 6.59. The number of sulfonamides is 1. The minimum atomic E-state index is -4.64. The smallest absolute Gasteiger partial charge is 0.293 e. The van der Waals surface area contributed by atoms with Crippen molar-refractivity contribution < 1.29 is 61.1 Å². The van der Waals surface area contributed by atoms with Crippen molar-refractivity contribution in [3.63, 3.8) is 0 Å². The fourth-order valence-corrected chi connectivity index (χ4v) is 13.7. The Morgan fingerprint density at radius 1 is 0.787 bits per heavy atom. The number of hydrogen-bond acceptors (Lipinski definition) is 19. The molecule has 0 aliphatic carbocycles. The fourth-order valence-electron chi connectivity index (χ4n) is 12.6. The van der Waals surface area contributed by atoms with Crippen molar-refractivity contribution >= 4 is 90.9 Å². The van der Waals surface area contributed by atoms with Gasteiger partial charge in [0.05, 0.1) is 58.9 Å². The Morgan fingerprint density at radius 2 is 1.56 bits per heavy atom. The molecule has 12 rings (SSSR count). The van der Waals surface area contributed by atoms with Crippen LogP contribution in [-0.4, -0.2) is 165 Å². The van der Waals surface area contributed by atoms with Crippen molar-refractivity contribution in [3.8, 4) is 28.4 Å². The van der Waals surface area contributed by atoms with Crippen molar-refractivity contribution in [2.24, 2.45) is 11.8 Å². The molecule has 0 bridgehead atoms. The molecular weight excluding hydrogens is 1250 g/mol. The molecule has 0 spiro atoms. The van der Waals surface area contributed by atoms with E-state index in [-0.39, 0.29) is 84.9 Å². The molecule has 0 radical (unpaired) electrons. The third-order valence-corrected chi connectivity index (χ3v) is 19.4. The number of ether oxygens (including phenoxy) is 4. The Labute approximate surface area is 546 Å². The van der Waals surface area contributed by atoms with E-state index in [9.17, 15) is 47.3 Å². The van der Waals surface area contributed by atoms with E-state index in [2.05, 4.69) is 46.5 Å². The van der Waals surface area contributed by atoms with Crippen LogP contribution in [0.1, 0.15) is 81.6 Å². The molecule has 5 aromatic carbocycles. The Morgan fingerprint density at radius 3 is 2.34 bits per heavy atom. The molecule has 5 N–H and O–H groups in total. The maximum atomic E-state index is 14.2. The molecule has 6 amide bonds. The molecule has 25 nitrogen and oxygen atoms in total. The molecule has 94 heavy (non-hydrogen) atoms. The number of fused-ring (bicyclic) bond motifs is 2. The number of pyridine rings is 1. The summed E-state index contributed by atoms with van der Waals surface area (Å²) in [6.45, 7) is 6.93. The number of aromatic nitrogens is 2. The zero-order valence-electron chi connectivity index (χ0n) is 51.3. The number of piperidine rings is 2. The first-order valence-corrected chi connectivity index (χ1v) is 33.2. The van der Waals surface area contributed by atoms with Gasteiger partial charge in [-0.05, 0) is 122 Å². The number of benzene rings is 5. The number of nitro benzene ring substituents is 1. The largest absolute Gasteiger partial charge is 0.493 e. The molecule has 4 saturated heterocycles. The summed E-state index contributed by atoms with van der Waals surface area (Å²) in [7, 11) is -4.64. The van der Waals surface area contributed by atoms with Crippen LogP contribution in [0.4, 0.5) is 22.7 Å². The van der Waals surface area contributed by atoms with Crippen LogP contribution in [0.3, 0.4) is 0 Å². The van der Waals surface area contributed by atoms with E-state index in [1.165, 1.54) is 30.5 Å². The number of nitrogens with zero attached hydrogens (tertiary/aromatic N) is 6. The van der Waals surface area contributed by atoms with Crippen molar-refractivity contribution in [3.05, 3.63) is 159 Å². The maximum absolute atomic E-state index is 14.2. The highest BCUT2D eigenvalue weighted by atomic mass is 35.5. The van der Waals surface area contributed by atoms with Crippen LogP contribution in [0.2, 0.25) is 5.02 Å². The van der Waals surface area contributed by atoms with Crippen molar-refractivity contribution in [2.45, 2.75) is 62.4 Å². The quantitative estimate of drug-likeness (QED) is 0.0164. The number of rotatable bonds is 24. The highest BCUT2D eigenvalue weighted by molar-refractivity contribution is 7.90. The van der Waals surface area contributed by atoms with Gasteiger partial charge in [-0.1, -0.05) is 41.9 Å². The first-order chi connectivity index (χ1) is 45.5. The number of piperazine rings is 1. The van der Waals surface area contributed by atoms with Crippen molar-refractivity contribution in [2.75, 3.05) is 101 Å². The number of nitro groups is 1. The number of aromatic amines is 1. The van der Waals surface area contributed by atoms with E-state index in [0.717, 1.165) is 70.2 Å². The minimum Gasteiger partial charge on any atom is -0.493 e. The van der Waals surface area contributed by atoms with Crippen LogP contribution in [0.25, 0.3) is 22.2 Å². The topological polar surface area (TPSA) is 306 Å². The van der Waals surface area contributed by atoms with Crippen LogP contribution < -0.4 is 35.0 Å². The molecule has 27 heteroatoms. The van der Waals surface area contributed by atoms with Gasteiger partial charge in [-0.3, -0.25) is 54.0 Å². The average molecular weight is 1320 g/mol. The summed E-state index contributed by atoms with van der Waals surface area (Å²) in [6, 6.07) is 29.5. The van der Waals surface area contributed by atoms with E-state index < -0.39 is 61.1 Å². The summed E-state index contributed by atoms with van der Waals surface area (Å²) in [5, 5.41) is 22.1. The monoisotopic (exact) mass is 1320 g/mol. The summed E-state index contributed by atoms with van der Waals surface area (Å²) in [5.41, 5.74) is 4.70. The molecule has 2 aromatic heterocycles. The van der Waals surface area contributed by atoms with Gasteiger partial charge >= 0.3 is 0 Å². The molecule has 1 atom stereocenters. The fraction of sp³-hybridized carbons (Fsp3) is 0.358. The van der Waals surface area contributed by atoms with Crippen molar-refractivity contribution in [1.29, 1.82) is 0 Å². The zero-order chi connectivity index (χ0) is 65.5. The third-order valence-electron chi connectivity index (χ3n) is 17.8. The van der Waals surface area contributed by atoms with E-state index in [1.807, 2.05) is 47.4 Å². The van der Waals surface area contributed by atoms with Gasteiger partial charge < -0.3 is 44.4 Å². The van der Waals surface area contributed by atoms with Crippen LogP contribution in [0.15, 0.2) is 126 Å². The van der Waals surface area contributed by atoms with Gasteiger partial charge in [0, 0.05) is 124 Å². The Hall–Kier alpha value is -9.47. The molecule has 1 unspecified atom stereocenters. The van der Waals surface area contributed by atoms with E-state index >= 15 is 0 Å². The Balaban J connectivity index is 0.651. The Bertz CT molecular complexity index is 4150. The number of amides is 6. The third kappa shape index (κ3) is 14.8. The van der Waals surface area contributed by atoms with E-state index in [1.54, 1.807) is 36.5 Å². The summed E-state index contributed by atoms with van der Waals surface area (Å²) >= 11 is 6.37. The highest BCUT2D eigenvalue weighted by Gasteiger charge is 2.46. The number of imide groups is 2. The number of carbonyl (C=O) groups excluding carboxylic acids is 6. The lowest BCUT2D eigenvalue weighted by atomic mass is 9.96. The number of carbonyl (C=O) groups is 6. The van der Waals surface area contributed by atoms with Gasteiger partial charge in [-0.15, -0.1) is 0 Å². The van der Waals surface area contributed by atoms with Gasteiger partial charge in [0.2, 0.25) is 17.7 Å². The highest BCUT2D eigenvalue weighted by Crippen LogP contribution is 2.38. The molecule has 5 aliphatic heterocycles. The van der Waals surface area contributed by atoms with Gasteiger partial charge in [-0.25, -0.2) is 18.1 Å². The second-order valence-corrected chi connectivity index (χ2v) is 25.9. The lowest BCUT2D eigenvalue weighted by Gasteiger charge is -2.37. The number of H-pyrrole nitrogens is 1. The van der Waals surface area contributed by atoms with Gasteiger partial charge in [0.25, 0.3) is 33.4 Å². The summed E-state index contributed by atoms with van der Waals surface area (Å²) in [4.78, 5) is 104. The predicted octanol–water partition coefficient (Wildman–Crippen LogP) is 8.40. The number of nitrogens with one attached hydrogen (secondary N) is 5. The molecule has 490 valence electrons. The maximum Gasteiger partial charge on any atom is 0.293 e. The first-order valence-electron chi connectivity index (χ1n) is 31.4. The molecule has 7 aromatic rings. The average Bonchev–Trinajstić information content (AvgIpc) is 1.58. The van der Waals surface area contributed by atoms with Crippen LogP contribution >= 0.6 is 11.6 Å². The first kappa shape index (κ1) is 64.6. The second-order valence-electron chi connectivity index (χ2n) is 23.8. The Kier molecular flexibility index (Phi) is 19.8. The van der Waals surface area contributed by atoms with Gasteiger partial charge in [0.15, 0.2) is 0 Å². The van der Waals surface area contributed by atoms with E-state index in [4.69, 9.17) is 30.5 Å².